The van der Waals surface area contributed by atoms with Gasteiger partial charge in [0.25, 0.3) is 5.43 Å². The summed E-state index contributed by atoms with van der Waals surface area (Å²) in [6, 6.07) is 17.8. The Morgan fingerprint density at radius 1 is 1.00 bits per heavy atom. The molecule has 0 saturated heterocycles. The molecule has 0 unspecified atom stereocenters. The predicted molar refractivity (Wildman–Crippen MR) is 133 cm³/mol. The number of benzene rings is 1. The normalized spacial score (nSPS) is 13.7. The zero-order chi connectivity index (χ0) is 23.6. The molecular weight excluding hydrogens is 440 g/mol. The van der Waals surface area contributed by atoms with Crippen LogP contribution in [-0.4, -0.2) is 35.6 Å². The number of nitrogens with zero attached hydrogens (tertiary/aromatic N) is 6. The number of ether oxygens (including phenoxy) is 1. The van der Waals surface area contributed by atoms with Crippen molar-refractivity contribution >= 4 is 5.65 Å². The monoisotopic (exact) mass is 466 g/mol. The van der Waals surface area contributed by atoms with E-state index < -0.39 is 0 Å². The van der Waals surface area contributed by atoms with Crippen molar-refractivity contribution in [3.63, 3.8) is 0 Å². The molecule has 0 bridgehead atoms. The summed E-state index contributed by atoms with van der Waals surface area (Å²) in [6.07, 6.45) is 12.3. The highest BCUT2D eigenvalue weighted by Crippen LogP contribution is 2.32. The van der Waals surface area contributed by atoms with E-state index in [9.17, 15) is 4.79 Å². The summed E-state index contributed by atoms with van der Waals surface area (Å²) in [5.74, 6) is 0.331. The number of pyridine rings is 1. The summed E-state index contributed by atoms with van der Waals surface area (Å²) >= 11 is 0. The third-order valence-corrected chi connectivity index (χ3v) is 6.49. The van der Waals surface area contributed by atoms with Crippen LogP contribution in [0.2, 0.25) is 0 Å². The molecule has 1 aromatic carbocycles. The molecule has 1 saturated carbocycles. The number of aromatic nitrogens is 6. The van der Waals surface area contributed by atoms with Crippen molar-refractivity contribution in [2.24, 2.45) is 0 Å². The van der Waals surface area contributed by atoms with E-state index in [1.165, 1.54) is 6.42 Å². The topological polar surface area (TPSA) is 79.2 Å². The molecule has 4 heterocycles. The summed E-state index contributed by atoms with van der Waals surface area (Å²) in [7, 11) is 0. The molecule has 176 valence electrons. The molecule has 1 fully saturated rings. The molecule has 0 amide bonds. The Hall–Kier alpha value is -4.20. The third-order valence-electron chi connectivity index (χ3n) is 6.49. The second kappa shape index (κ2) is 9.21. The van der Waals surface area contributed by atoms with Gasteiger partial charge in [-0.1, -0.05) is 24.3 Å². The first-order valence-corrected chi connectivity index (χ1v) is 12.0. The molecule has 6 rings (SSSR count). The van der Waals surface area contributed by atoms with Crippen molar-refractivity contribution in [2.75, 3.05) is 6.61 Å². The van der Waals surface area contributed by atoms with Crippen LogP contribution in [0.1, 0.15) is 37.4 Å². The van der Waals surface area contributed by atoms with E-state index >= 15 is 0 Å². The Morgan fingerprint density at radius 2 is 1.86 bits per heavy atom. The minimum Gasteiger partial charge on any atom is -0.488 e. The molecule has 8 nitrogen and oxygen atoms in total. The maximum atomic E-state index is 13.5. The van der Waals surface area contributed by atoms with E-state index in [2.05, 4.69) is 10.1 Å². The fraction of sp³-hybridized carbons (Fsp3) is 0.259. The van der Waals surface area contributed by atoms with Crippen molar-refractivity contribution in [1.29, 1.82) is 0 Å². The molecule has 8 heteroatoms. The summed E-state index contributed by atoms with van der Waals surface area (Å²) in [5.41, 5.74) is 3.61. The Balaban J connectivity index is 1.25. The van der Waals surface area contributed by atoms with E-state index in [0.29, 0.717) is 29.8 Å². The smallest absolute Gasteiger partial charge is 0.251 e. The number of rotatable bonds is 8. The van der Waals surface area contributed by atoms with Crippen LogP contribution in [0.15, 0.2) is 84.2 Å². The summed E-state index contributed by atoms with van der Waals surface area (Å²) in [6.45, 7) is 0.426. The van der Waals surface area contributed by atoms with Crippen LogP contribution in [0.5, 0.6) is 5.75 Å². The quantitative estimate of drug-likeness (QED) is 0.315. The van der Waals surface area contributed by atoms with Gasteiger partial charge in [-0.05, 0) is 62.4 Å². The molecule has 5 aromatic rings. The second-order valence-electron chi connectivity index (χ2n) is 8.85. The molecule has 1 aliphatic rings. The summed E-state index contributed by atoms with van der Waals surface area (Å²) in [4.78, 5) is 18.1. The first kappa shape index (κ1) is 21.3. The van der Waals surface area contributed by atoms with E-state index in [0.717, 1.165) is 42.7 Å². The number of para-hydroxylation sites is 1. The number of aryl methyl sites for hydroxylation is 1. The molecule has 0 aliphatic heterocycles. The van der Waals surface area contributed by atoms with Gasteiger partial charge in [0.2, 0.25) is 0 Å². The highest BCUT2D eigenvalue weighted by molar-refractivity contribution is 5.58. The van der Waals surface area contributed by atoms with E-state index in [4.69, 9.17) is 9.84 Å². The second-order valence-corrected chi connectivity index (χ2v) is 8.85. The Kier molecular flexibility index (Phi) is 5.62. The molecule has 35 heavy (non-hydrogen) atoms. The van der Waals surface area contributed by atoms with Gasteiger partial charge in [-0.2, -0.15) is 10.2 Å². The number of fused-ring (bicyclic) bond motifs is 1. The Labute approximate surface area is 202 Å². The van der Waals surface area contributed by atoms with E-state index in [1.807, 2.05) is 76.1 Å². The third kappa shape index (κ3) is 4.23. The lowest BCUT2D eigenvalue weighted by Gasteiger charge is -2.27. The van der Waals surface area contributed by atoms with Crippen LogP contribution >= 0.6 is 0 Å². The minimum absolute atomic E-state index is 0.217. The number of hydrogen-bond donors (Lipinski definition) is 0. The van der Waals surface area contributed by atoms with Crippen LogP contribution < -0.4 is 10.2 Å². The van der Waals surface area contributed by atoms with Gasteiger partial charge >= 0.3 is 0 Å². The average molecular weight is 467 g/mol. The van der Waals surface area contributed by atoms with Gasteiger partial charge < -0.3 is 9.14 Å². The fourth-order valence-electron chi connectivity index (χ4n) is 4.39. The first-order chi connectivity index (χ1) is 17.3. The highest BCUT2D eigenvalue weighted by Gasteiger charge is 2.24. The van der Waals surface area contributed by atoms with Gasteiger partial charge in [-0.25, -0.2) is 9.67 Å². The van der Waals surface area contributed by atoms with Gasteiger partial charge in [-0.15, -0.1) is 0 Å². The van der Waals surface area contributed by atoms with Crippen LogP contribution in [0.3, 0.4) is 0 Å². The number of hydrogen-bond acceptors (Lipinski definition) is 5. The lowest BCUT2D eigenvalue weighted by atomic mass is 9.93. The van der Waals surface area contributed by atoms with Crippen molar-refractivity contribution < 1.29 is 4.74 Å². The fourth-order valence-corrected chi connectivity index (χ4v) is 4.39. The van der Waals surface area contributed by atoms with E-state index in [1.54, 1.807) is 17.1 Å². The van der Waals surface area contributed by atoms with Crippen molar-refractivity contribution in [1.82, 2.24) is 28.9 Å². The van der Waals surface area contributed by atoms with Gasteiger partial charge in [0.15, 0.2) is 11.4 Å². The molecule has 0 spiro atoms. The molecule has 0 N–H and O–H groups in total. The molecular formula is C27H26N6O2. The van der Waals surface area contributed by atoms with Crippen LogP contribution in [-0.2, 0) is 6.42 Å². The molecule has 4 aromatic heterocycles. The van der Waals surface area contributed by atoms with Crippen LogP contribution in [0.4, 0.5) is 0 Å². The van der Waals surface area contributed by atoms with Crippen molar-refractivity contribution in [3.8, 4) is 22.8 Å². The lowest BCUT2D eigenvalue weighted by molar-refractivity contribution is 0.268. The standard InChI is InChI=1S/C27H26N6O2/c34-27-24(35-17-7-8-20-18-31-16-5-4-13-25(31)29-20)19-32(21-11-6-12-21)30-26(27)23-14-15-28-33(23)22-9-2-1-3-10-22/h1-5,9-10,13-16,18-19,21H,6-8,11-12,17H2. The average Bonchev–Trinajstić information content (AvgIpc) is 3.50. The van der Waals surface area contributed by atoms with Gasteiger partial charge in [0, 0.05) is 12.4 Å². The van der Waals surface area contributed by atoms with E-state index in [-0.39, 0.29) is 5.43 Å². The lowest BCUT2D eigenvalue weighted by Crippen LogP contribution is -2.25. The zero-order valence-electron chi connectivity index (χ0n) is 19.3. The Morgan fingerprint density at radius 3 is 2.66 bits per heavy atom. The molecule has 1 aliphatic carbocycles. The number of imidazole rings is 1. The maximum absolute atomic E-state index is 13.5. The maximum Gasteiger partial charge on any atom is 0.251 e. The van der Waals surface area contributed by atoms with Crippen LogP contribution in [0.25, 0.3) is 22.7 Å². The highest BCUT2D eigenvalue weighted by atomic mass is 16.5. The Bertz CT molecular complexity index is 1480. The summed E-state index contributed by atoms with van der Waals surface area (Å²) in [5, 5.41) is 9.18. The predicted octanol–water partition coefficient (Wildman–Crippen LogP) is 4.48. The van der Waals surface area contributed by atoms with Crippen LogP contribution in [0, 0.1) is 0 Å². The molecule has 0 radical (unpaired) electrons. The SMILES string of the molecule is O=c1c(OCCCc2cn3ccccc3n2)cn(C2CCC2)nc1-c1ccnn1-c1ccccc1. The zero-order valence-corrected chi connectivity index (χ0v) is 19.3. The first-order valence-electron chi connectivity index (χ1n) is 12.0. The molecule has 0 atom stereocenters. The summed E-state index contributed by atoms with van der Waals surface area (Å²) < 4.78 is 11.7. The van der Waals surface area contributed by atoms with Gasteiger partial charge in [0.05, 0.1) is 42.1 Å². The van der Waals surface area contributed by atoms with Gasteiger partial charge in [-0.3, -0.25) is 9.48 Å². The van der Waals surface area contributed by atoms with Gasteiger partial charge in [0.1, 0.15) is 5.65 Å². The van der Waals surface area contributed by atoms with Crippen molar-refractivity contribution in [3.05, 3.63) is 95.3 Å². The largest absolute Gasteiger partial charge is 0.488 e. The minimum atomic E-state index is -0.217. The van der Waals surface area contributed by atoms with Crippen molar-refractivity contribution in [2.45, 2.75) is 38.1 Å².